The van der Waals surface area contributed by atoms with E-state index in [1.54, 1.807) is 36.4 Å². The largest absolute Gasteiger partial charge is 0.507 e. The van der Waals surface area contributed by atoms with Crippen LogP contribution in [-0.4, -0.2) is 27.7 Å². The Morgan fingerprint density at radius 3 is 2.67 bits per heavy atom. The minimum atomic E-state index is -0.366. The normalized spacial score (nSPS) is 10.7. The number of aromatic nitrogens is 1. The number of halogens is 1. The summed E-state index contributed by atoms with van der Waals surface area (Å²) in [5, 5.41) is 15.4. The van der Waals surface area contributed by atoms with E-state index in [0.29, 0.717) is 32.9 Å². The van der Waals surface area contributed by atoms with Crippen LogP contribution in [0.2, 0.25) is 0 Å². The zero-order valence-corrected chi connectivity index (χ0v) is 20.0. The summed E-state index contributed by atoms with van der Waals surface area (Å²) >= 11 is 8.52. The molecule has 3 N–H and O–H groups in total. The summed E-state index contributed by atoms with van der Waals surface area (Å²) in [5.74, 6) is 0.809. The van der Waals surface area contributed by atoms with Crippen molar-refractivity contribution in [3.8, 4) is 23.0 Å². The summed E-state index contributed by atoms with van der Waals surface area (Å²) in [5.41, 5.74) is 3.78. The molecule has 0 unspecified atom stereocenters. The summed E-state index contributed by atoms with van der Waals surface area (Å²) in [6, 6.07) is 17.9. The molecule has 0 spiro atoms. The number of hydrogen-bond acceptors (Lipinski definition) is 6. The lowest BCUT2D eigenvalue weighted by Gasteiger charge is -2.10. The maximum atomic E-state index is 12.2. The van der Waals surface area contributed by atoms with Crippen molar-refractivity contribution >= 4 is 56.0 Å². The van der Waals surface area contributed by atoms with Crippen molar-refractivity contribution in [2.45, 2.75) is 13.3 Å². The van der Waals surface area contributed by atoms with Gasteiger partial charge in [0.2, 0.25) is 5.89 Å². The number of nitrogens with zero attached hydrogens (tertiary/aromatic N) is 1. The molecule has 3 aromatic carbocycles. The number of carbonyl (C=O) groups is 1. The molecule has 0 radical (unpaired) electrons. The van der Waals surface area contributed by atoms with Crippen molar-refractivity contribution in [2.24, 2.45) is 0 Å². The van der Waals surface area contributed by atoms with Crippen LogP contribution in [0.15, 0.2) is 69.6 Å². The molecule has 1 heterocycles. The Bertz CT molecular complexity index is 1320. The van der Waals surface area contributed by atoms with Crippen LogP contribution in [0.3, 0.4) is 0 Å². The van der Waals surface area contributed by atoms with Gasteiger partial charge in [0.1, 0.15) is 17.0 Å². The van der Waals surface area contributed by atoms with Gasteiger partial charge in [-0.15, -0.1) is 0 Å². The molecule has 0 saturated heterocycles. The smallest absolute Gasteiger partial charge is 0.264 e. The Kier molecular flexibility index (Phi) is 6.90. The van der Waals surface area contributed by atoms with Crippen LogP contribution in [-0.2, 0) is 11.2 Å². The molecule has 0 atom stereocenters. The molecular weight excluding hydrogens is 506 g/mol. The Labute approximate surface area is 203 Å². The van der Waals surface area contributed by atoms with Crippen molar-refractivity contribution in [1.82, 2.24) is 10.3 Å². The lowest BCUT2D eigenvalue weighted by molar-refractivity contribution is -0.121. The molecule has 7 nitrogen and oxygen atoms in total. The standard InChI is InChI=1S/C24H20BrN3O4S/c1-2-14-3-7-17(8-4-14)31-13-22(30)28-24(33)26-16-6-10-21-19(12-16)27-23(32-21)15-5-9-20(29)18(25)11-15/h3-12,29H,2,13H2,1H3,(H2,26,28,30,33). The van der Waals surface area contributed by atoms with E-state index in [2.05, 4.69) is 38.5 Å². The monoisotopic (exact) mass is 525 g/mol. The van der Waals surface area contributed by atoms with E-state index in [0.717, 1.165) is 12.0 Å². The van der Waals surface area contributed by atoms with E-state index in [4.69, 9.17) is 21.4 Å². The minimum absolute atomic E-state index is 0.136. The van der Waals surface area contributed by atoms with E-state index in [1.165, 1.54) is 5.56 Å². The molecule has 0 saturated carbocycles. The highest BCUT2D eigenvalue weighted by Gasteiger charge is 2.12. The van der Waals surface area contributed by atoms with Crippen LogP contribution < -0.4 is 15.4 Å². The van der Waals surface area contributed by atoms with Crippen molar-refractivity contribution in [3.63, 3.8) is 0 Å². The number of fused-ring (bicyclic) bond motifs is 1. The Morgan fingerprint density at radius 2 is 1.94 bits per heavy atom. The molecular formula is C24H20BrN3O4S. The molecule has 0 fully saturated rings. The van der Waals surface area contributed by atoms with Gasteiger partial charge in [-0.1, -0.05) is 19.1 Å². The Morgan fingerprint density at radius 1 is 1.15 bits per heavy atom. The first-order chi connectivity index (χ1) is 15.9. The number of thiocarbonyl (C=S) groups is 1. The summed E-state index contributed by atoms with van der Waals surface area (Å²) in [7, 11) is 0. The molecule has 0 aliphatic heterocycles. The number of amides is 1. The maximum absolute atomic E-state index is 12.2. The van der Waals surface area contributed by atoms with Crippen LogP contribution in [0.25, 0.3) is 22.6 Å². The van der Waals surface area contributed by atoms with Crippen LogP contribution in [0.4, 0.5) is 5.69 Å². The minimum Gasteiger partial charge on any atom is -0.507 e. The highest BCUT2D eigenvalue weighted by Crippen LogP contribution is 2.31. The molecule has 9 heteroatoms. The number of carbonyl (C=O) groups excluding carboxylic acids is 1. The molecule has 33 heavy (non-hydrogen) atoms. The number of hydrogen-bond donors (Lipinski definition) is 3. The van der Waals surface area contributed by atoms with Crippen molar-refractivity contribution in [1.29, 1.82) is 0 Å². The third kappa shape index (κ3) is 5.68. The first-order valence-corrected chi connectivity index (χ1v) is 11.3. The number of oxazole rings is 1. The molecule has 0 aliphatic rings. The van der Waals surface area contributed by atoms with Gasteiger partial charge in [-0.05, 0) is 88.7 Å². The third-order valence-electron chi connectivity index (χ3n) is 4.79. The average molecular weight is 526 g/mol. The Balaban J connectivity index is 1.36. The summed E-state index contributed by atoms with van der Waals surface area (Å²) < 4.78 is 11.8. The van der Waals surface area contributed by atoms with Gasteiger partial charge in [0.15, 0.2) is 17.3 Å². The zero-order valence-electron chi connectivity index (χ0n) is 17.6. The van der Waals surface area contributed by atoms with Gasteiger partial charge in [-0.2, -0.15) is 0 Å². The highest BCUT2D eigenvalue weighted by molar-refractivity contribution is 9.10. The predicted octanol–water partition coefficient (Wildman–Crippen LogP) is 5.42. The van der Waals surface area contributed by atoms with Crippen LogP contribution >= 0.6 is 28.1 Å². The number of phenols is 1. The first kappa shape index (κ1) is 22.8. The van der Waals surface area contributed by atoms with Crippen molar-refractivity contribution in [3.05, 3.63) is 70.7 Å². The average Bonchev–Trinajstić information content (AvgIpc) is 3.23. The van der Waals surface area contributed by atoms with Gasteiger partial charge >= 0.3 is 0 Å². The van der Waals surface area contributed by atoms with E-state index in [9.17, 15) is 9.90 Å². The second kappa shape index (κ2) is 10.0. The number of aryl methyl sites for hydroxylation is 1. The van der Waals surface area contributed by atoms with Crippen molar-refractivity contribution < 1.29 is 19.1 Å². The maximum Gasteiger partial charge on any atom is 0.264 e. The van der Waals surface area contributed by atoms with Gasteiger partial charge in [-0.25, -0.2) is 4.98 Å². The molecule has 168 valence electrons. The van der Waals surface area contributed by atoms with Gasteiger partial charge < -0.3 is 19.6 Å². The summed E-state index contributed by atoms with van der Waals surface area (Å²) in [4.78, 5) is 16.6. The molecule has 0 aliphatic carbocycles. The molecule has 1 amide bonds. The molecule has 4 aromatic rings. The highest BCUT2D eigenvalue weighted by atomic mass is 79.9. The predicted molar refractivity (Wildman–Crippen MR) is 134 cm³/mol. The van der Waals surface area contributed by atoms with E-state index in [1.807, 2.05) is 24.3 Å². The van der Waals surface area contributed by atoms with Crippen molar-refractivity contribution in [2.75, 3.05) is 11.9 Å². The summed E-state index contributed by atoms with van der Waals surface area (Å²) in [6.45, 7) is 1.92. The van der Waals surface area contributed by atoms with Gasteiger partial charge in [-0.3, -0.25) is 10.1 Å². The fraction of sp³-hybridized carbons (Fsp3) is 0.125. The van der Waals surface area contributed by atoms with Gasteiger partial charge in [0.25, 0.3) is 5.91 Å². The number of rotatable bonds is 6. The fourth-order valence-electron chi connectivity index (χ4n) is 3.06. The van der Waals surface area contributed by atoms with E-state index >= 15 is 0 Å². The topological polar surface area (TPSA) is 96.6 Å². The molecule has 1 aromatic heterocycles. The summed E-state index contributed by atoms with van der Waals surface area (Å²) in [6.07, 6.45) is 0.941. The number of nitrogens with one attached hydrogen (secondary N) is 2. The second-order valence-electron chi connectivity index (χ2n) is 7.16. The number of ether oxygens (including phenoxy) is 1. The van der Waals surface area contributed by atoms with Crippen LogP contribution in [0.1, 0.15) is 12.5 Å². The number of phenolic OH excluding ortho intramolecular Hbond substituents is 1. The Hall–Kier alpha value is -3.43. The van der Waals surface area contributed by atoms with E-state index < -0.39 is 0 Å². The second-order valence-corrected chi connectivity index (χ2v) is 8.42. The van der Waals surface area contributed by atoms with Crippen LogP contribution in [0.5, 0.6) is 11.5 Å². The number of anilines is 1. The van der Waals surface area contributed by atoms with Gasteiger partial charge in [0.05, 0.1) is 4.47 Å². The number of aromatic hydroxyl groups is 1. The van der Waals surface area contributed by atoms with E-state index in [-0.39, 0.29) is 23.4 Å². The SMILES string of the molecule is CCc1ccc(OCC(=O)NC(=S)Nc2ccc3oc(-c4ccc(O)c(Br)c4)nc3c2)cc1. The quantitative estimate of drug-likeness (QED) is 0.289. The molecule has 4 rings (SSSR count). The fourth-order valence-corrected chi connectivity index (χ4v) is 3.67. The van der Waals surface area contributed by atoms with Crippen LogP contribution in [0, 0.1) is 0 Å². The molecule has 0 bridgehead atoms. The first-order valence-electron chi connectivity index (χ1n) is 10.1. The lowest BCUT2D eigenvalue weighted by Crippen LogP contribution is -2.37. The number of benzene rings is 3. The van der Waals surface area contributed by atoms with Gasteiger partial charge in [0, 0.05) is 11.3 Å². The third-order valence-corrected chi connectivity index (χ3v) is 5.63. The lowest BCUT2D eigenvalue weighted by atomic mass is 10.2. The zero-order chi connectivity index (χ0) is 23.4.